The van der Waals surface area contributed by atoms with Gasteiger partial charge in [0.25, 0.3) is 0 Å². The number of hydrogen-bond acceptors (Lipinski definition) is 1. The minimum absolute atomic E-state index is 0.0131. The van der Waals surface area contributed by atoms with Crippen molar-refractivity contribution in [3.63, 3.8) is 0 Å². The van der Waals surface area contributed by atoms with Crippen LogP contribution in [0.3, 0.4) is 0 Å². The van der Waals surface area contributed by atoms with Crippen molar-refractivity contribution in [1.29, 1.82) is 0 Å². The zero-order valence-electron chi connectivity index (χ0n) is 8.01. The van der Waals surface area contributed by atoms with Gasteiger partial charge in [0.2, 0.25) is 0 Å². The summed E-state index contributed by atoms with van der Waals surface area (Å²) < 4.78 is 37.1. The van der Waals surface area contributed by atoms with Crippen LogP contribution in [0.1, 0.15) is 16.7 Å². The van der Waals surface area contributed by atoms with Crippen LogP contribution in [0.4, 0.5) is 13.2 Å². The molecule has 0 bridgehead atoms. The lowest BCUT2D eigenvalue weighted by Crippen LogP contribution is -2.09. The summed E-state index contributed by atoms with van der Waals surface area (Å²) in [5.41, 5.74) is -0.369. The Balaban J connectivity index is 3.16. The second kappa shape index (κ2) is 4.74. The summed E-state index contributed by atoms with van der Waals surface area (Å²) >= 11 is 5.51. The maximum atomic E-state index is 12.4. The molecule has 1 aromatic carbocycles. The molecule has 0 amide bonds. The fraction of sp³-hybridized carbons (Fsp3) is 0.300. The maximum Gasteiger partial charge on any atom is 0.416 e. The Morgan fingerprint density at radius 1 is 1.31 bits per heavy atom. The summed E-state index contributed by atoms with van der Waals surface area (Å²) in [5, 5.41) is 8.56. The van der Waals surface area contributed by atoms with E-state index in [4.69, 9.17) is 16.7 Å². The lowest BCUT2D eigenvalue weighted by molar-refractivity contribution is -0.138. The molecule has 16 heavy (non-hydrogen) atoms. The Morgan fingerprint density at radius 2 is 1.94 bits per heavy atom. The van der Waals surface area contributed by atoms with E-state index in [0.29, 0.717) is 5.56 Å². The molecule has 2 nitrogen and oxygen atoms in total. The highest BCUT2D eigenvalue weighted by molar-refractivity contribution is 6.17. The number of rotatable bonds is 3. The fourth-order valence-corrected chi connectivity index (χ4v) is 1.52. The Labute approximate surface area is 94.6 Å². The zero-order valence-corrected chi connectivity index (χ0v) is 8.77. The molecule has 6 heteroatoms. The number of aliphatic carboxylic acids is 1. The lowest BCUT2D eigenvalue weighted by Gasteiger charge is -2.10. The van der Waals surface area contributed by atoms with Crippen molar-refractivity contribution in [2.45, 2.75) is 18.5 Å². The number of halogens is 4. The largest absolute Gasteiger partial charge is 0.481 e. The van der Waals surface area contributed by atoms with Crippen LogP contribution in [0.15, 0.2) is 18.2 Å². The van der Waals surface area contributed by atoms with Crippen LogP contribution in [-0.4, -0.2) is 11.1 Å². The first-order valence-corrected chi connectivity index (χ1v) is 4.85. The van der Waals surface area contributed by atoms with Gasteiger partial charge in [-0.25, -0.2) is 0 Å². The third kappa shape index (κ3) is 3.13. The van der Waals surface area contributed by atoms with Crippen molar-refractivity contribution < 1.29 is 23.1 Å². The third-order valence-electron chi connectivity index (χ3n) is 2.02. The van der Waals surface area contributed by atoms with Crippen LogP contribution in [0.2, 0.25) is 0 Å². The van der Waals surface area contributed by atoms with Crippen molar-refractivity contribution >= 4 is 17.6 Å². The summed E-state index contributed by atoms with van der Waals surface area (Å²) in [5.74, 6) is -1.20. The minimum atomic E-state index is -4.47. The third-order valence-corrected chi connectivity index (χ3v) is 2.31. The van der Waals surface area contributed by atoms with Gasteiger partial charge in [0.15, 0.2) is 0 Å². The first-order valence-electron chi connectivity index (χ1n) is 4.31. The molecular formula is C10H8ClF3O2. The van der Waals surface area contributed by atoms with Crippen molar-refractivity contribution in [1.82, 2.24) is 0 Å². The summed E-state index contributed by atoms with van der Waals surface area (Å²) in [6.45, 7) is 0. The second-order valence-corrected chi connectivity index (χ2v) is 3.45. The van der Waals surface area contributed by atoms with E-state index in [1.807, 2.05) is 0 Å². The fourth-order valence-electron chi connectivity index (χ4n) is 1.26. The van der Waals surface area contributed by atoms with Crippen molar-refractivity contribution in [2.24, 2.45) is 0 Å². The molecule has 0 spiro atoms. The maximum absolute atomic E-state index is 12.4. The van der Waals surface area contributed by atoms with Gasteiger partial charge in [0.05, 0.1) is 12.0 Å². The van der Waals surface area contributed by atoms with Gasteiger partial charge in [-0.1, -0.05) is 6.07 Å². The highest BCUT2D eigenvalue weighted by Gasteiger charge is 2.31. The highest BCUT2D eigenvalue weighted by atomic mass is 35.5. The zero-order chi connectivity index (χ0) is 12.3. The molecule has 0 aliphatic carbocycles. The molecule has 0 fully saturated rings. The van der Waals surface area contributed by atoms with Gasteiger partial charge in [0, 0.05) is 5.88 Å². The van der Waals surface area contributed by atoms with Gasteiger partial charge in [-0.05, 0) is 23.3 Å². The molecule has 0 unspecified atom stereocenters. The molecule has 0 heterocycles. The standard InChI is InChI=1S/C10H8ClF3O2/c11-5-6-1-2-8(10(12,13)14)3-7(6)4-9(15)16/h1-3H,4-5H2,(H,15,16). The van der Waals surface area contributed by atoms with Crippen LogP contribution in [0, 0.1) is 0 Å². The Hall–Kier alpha value is -1.23. The van der Waals surface area contributed by atoms with Gasteiger partial charge in [-0.15, -0.1) is 11.6 Å². The van der Waals surface area contributed by atoms with Crippen LogP contribution < -0.4 is 0 Å². The van der Waals surface area contributed by atoms with E-state index >= 15 is 0 Å². The number of carboxylic acids is 1. The Morgan fingerprint density at radius 3 is 2.38 bits per heavy atom. The van der Waals surface area contributed by atoms with Gasteiger partial charge < -0.3 is 5.11 Å². The van der Waals surface area contributed by atoms with Crippen molar-refractivity contribution in [2.75, 3.05) is 0 Å². The SMILES string of the molecule is O=C(O)Cc1cc(C(F)(F)F)ccc1CCl. The molecule has 88 valence electrons. The predicted octanol–water partition coefficient (Wildman–Crippen LogP) is 3.07. The quantitative estimate of drug-likeness (QED) is 0.840. The van der Waals surface area contributed by atoms with Crippen LogP contribution >= 0.6 is 11.6 Å². The molecule has 1 aromatic rings. The second-order valence-electron chi connectivity index (χ2n) is 3.19. The molecule has 0 saturated carbocycles. The van der Waals surface area contributed by atoms with Crippen molar-refractivity contribution in [3.05, 3.63) is 34.9 Å². The van der Waals surface area contributed by atoms with E-state index in [1.54, 1.807) is 0 Å². The number of benzene rings is 1. The summed E-state index contributed by atoms with van der Waals surface area (Å²) in [4.78, 5) is 10.5. The van der Waals surface area contributed by atoms with Crippen LogP contribution in [0.25, 0.3) is 0 Å². The van der Waals surface area contributed by atoms with Crippen molar-refractivity contribution in [3.8, 4) is 0 Å². The van der Waals surface area contributed by atoms with Gasteiger partial charge in [0.1, 0.15) is 0 Å². The first kappa shape index (κ1) is 12.8. The van der Waals surface area contributed by atoms with E-state index in [2.05, 4.69) is 0 Å². The smallest absolute Gasteiger partial charge is 0.416 e. The molecular weight excluding hydrogens is 245 g/mol. The van der Waals surface area contributed by atoms with E-state index in [0.717, 1.165) is 12.1 Å². The normalized spacial score (nSPS) is 11.5. The van der Waals surface area contributed by atoms with Gasteiger partial charge in [-0.3, -0.25) is 4.79 Å². The van der Waals surface area contributed by atoms with E-state index < -0.39 is 24.1 Å². The summed E-state index contributed by atoms with van der Waals surface area (Å²) in [7, 11) is 0. The van der Waals surface area contributed by atoms with Crippen LogP contribution in [0.5, 0.6) is 0 Å². The first-order chi connectivity index (χ1) is 7.34. The average Bonchev–Trinajstić information content (AvgIpc) is 2.15. The molecule has 0 aromatic heterocycles. The monoisotopic (exact) mass is 252 g/mol. The molecule has 1 rings (SSSR count). The molecule has 0 atom stereocenters. The minimum Gasteiger partial charge on any atom is -0.481 e. The molecule has 0 aliphatic heterocycles. The number of alkyl halides is 4. The average molecular weight is 253 g/mol. The van der Waals surface area contributed by atoms with Crippen LogP contribution in [-0.2, 0) is 23.3 Å². The Bertz CT molecular complexity index is 402. The van der Waals surface area contributed by atoms with E-state index in [9.17, 15) is 18.0 Å². The molecule has 1 N–H and O–H groups in total. The highest BCUT2D eigenvalue weighted by Crippen LogP contribution is 2.31. The van der Waals surface area contributed by atoms with E-state index in [-0.39, 0.29) is 11.4 Å². The molecule has 0 radical (unpaired) electrons. The number of carbonyl (C=O) groups is 1. The van der Waals surface area contributed by atoms with Gasteiger partial charge in [-0.2, -0.15) is 13.2 Å². The predicted molar refractivity (Wildman–Crippen MR) is 52.3 cm³/mol. The van der Waals surface area contributed by atoms with Gasteiger partial charge >= 0.3 is 12.1 Å². The van der Waals surface area contributed by atoms with E-state index in [1.165, 1.54) is 6.07 Å². The topological polar surface area (TPSA) is 37.3 Å². The number of hydrogen-bond donors (Lipinski definition) is 1. The lowest BCUT2D eigenvalue weighted by atomic mass is 10.0. The Kier molecular flexibility index (Phi) is 3.80. The summed E-state index contributed by atoms with van der Waals surface area (Å²) in [6, 6.07) is 2.92. The summed E-state index contributed by atoms with van der Waals surface area (Å²) in [6.07, 6.45) is -4.94. The molecule has 0 aliphatic rings. The molecule has 0 saturated heterocycles. The number of carboxylic acid groups (broad SMARTS) is 1.